The maximum atomic E-state index is 13.0. The van der Waals surface area contributed by atoms with Gasteiger partial charge in [-0.2, -0.15) is 0 Å². The van der Waals surface area contributed by atoms with Crippen LogP contribution >= 0.6 is 0 Å². The van der Waals surface area contributed by atoms with Gasteiger partial charge in [0.05, 0.1) is 5.52 Å². The zero-order valence-electron chi connectivity index (χ0n) is 17.2. The van der Waals surface area contributed by atoms with Crippen molar-refractivity contribution in [1.82, 2.24) is 25.3 Å². The van der Waals surface area contributed by atoms with Crippen molar-refractivity contribution in [2.24, 2.45) is 0 Å². The zero-order valence-corrected chi connectivity index (χ0v) is 17.2. The number of nitrogens with zero attached hydrogens (tertiary/aromatic N) is 3. The SMILES string of the molecule is CCn1nnc2cc(C(=O)NCC(c3ccccc3)c3c[nH]c4ccccc34)ccc21. The molecule has 154 valence electrons. The highest BCUT2D eigenvalue weighted by Crippen LogP contribution is 2.30. The number of benzene rings is 3. The van der Waals surface area contributed by atoms with E-state index < -0.39 is 0 Å². The van der Waals surface area contributed by atoms with E-state index >= 15 is 0 Å². The summed E-state index contributed by atoms with van der Waals surface area (Å²) in [7, 11) is 0. The lowest BCUT2D eigenvalue weighted by molar-refractivity contribution is 0.0952. The Bertz CT molecular complexity index is 1350. The molecule has 0 aliphatic rings. The molecule has 0 aliphatic carbocycles. The quantitative estimate of drug-likeness (QED) is 0.434. The van der Waals surface area contributed by atoms with E-state index in [1.54, 1.807) is 6.07 Å². The monoisotopic (exact) mass is 409 g/mol. The van der Waals surface area contributed by atoms with Gasteiger partial charge in [0.1, 0.15) is 5.52 Å². The summed E-state index contributed by atoms with van der Waals surface area (Å²) in [4.78, 5) is 16.3. The Balaban J connectivity index is 1.43. The summed E-state index contributed by atoms with van der Waals surface area (Å²) < 4.78 is 1.82. The molecule has 0 fully saturated rings. The molecular formula is C25H23N5O. The third kappa shape index (κ3) is 3.57. The number of rotatable bonds is 6. The smallest absolute Gasteiger partial charge is 0.251 e. The maximum Gasteiger partial charge on any atom is 0.251 e. The molecule has 3 aromatic carbocycles. The largest absolute Gasteiger partial charge is 0.361 e. The topological polar surface area (TPSA) is 75.6 Å². The minimum atomic E-state index is -0.117. The number of fused-ring (bicyclic) bond motifs is 2. The van der Waals surface area contributed by atoms with Crippen molar-refractivity contribution in [3.05, 3.63) is 95.7 Å². The molecule has 0 spiro atoms. The predicted molar refractivity (Wildman–Crippen MR) is 122 cm³/mol. The molecule has 1 unspecified atom stereocenters. The number of aromatic nitrogens is 4. The second-order valence-corrected chi connectivity index (χ2v) is 7.57. The summed E-state index contributed by atoms with van der Waals surface area (Å²) in [5, 5.41) is 12.6. The summed E-state index contributed by atoms with van der Waals surface area (Å²) in [6.07, 6.45) is 2.05. The second kappa shape index (κ2) is 8.07. The number of aryl methyl sites for hydroxylation is 1. The molecule has 6 heteroatoms. The molecule has 0 bridgehead atoms. The highest BCUT2D eigenvalue weighted by molar-refractivity contribution is 5.97. The highest BCUT2D eigenvalue weighted by Gasteiger charge is 2.19. The van der Waals surface area contributed by atoms with Crippen molar-refractivity contribution < 1.29 is 4.79 Å². The van der Waals surface area contributed by atoms with E-state index in [1.807, 2.05) is 60.3 Å². The lowest BCUT2D eigenvalue weighted by atomic mass is 9.91. The fourth-order valence-corrected chi connectivity index (χ4v) is 4.12. The van der Waals surface area contributed by atoms with E-state index in [9.17, 15) is 4.79 Å². The van der Waals surface area contributed by atoms with Crippen LogP contribution in [0.15, 0.2) is 79.0 Å². The number of nitrogens with one attached hydrogen (secondary N) is 2. The van der Waals surface area contributed by atoms with Gasteiger partial charge in [-0.3, -0.25) is 4.79 Å². The number of amides is 1. The third-order valence-electron chi connectivity index (χ3n) is 5.74. The van der Waals surface area contributed by atoms with Crippen molar-refractivity contribution >= 4 is 27.8 Å². The van der Waals surface area contributed by atoms with Crippen molar-refractivity contribution in [2.45, 2.75) is 19.4 Å². The minimum absolute atomic E-state index is 0.0333. The van der Waals surface area contributed by atoms with Crippen LogP contribution in [-0.4, -0.2) is 32.4 Å². The molecule has 0 saturated carbocycles. The van der Waals surface area contributed by atoms with Crippen molar-refractivity contribution in [2.75, 3.05) is 6.54 Å². The molecule has 1 amide bonds. The first-order valence-corrected chi connectivity index (χ1v) is 10.5. The first kappa shape index (κ1) is 19.1. The van der Waals surface area contributed by atoms with Gasteiger partial charge in [-0.1, -0.05) is 53.7 Å². The van der Waals surface area contributed by atoms with Crippen molar-refractivity contribution in [1.29, 1.82) is 0 Å². The Morgan fingerprint density at radius 2 is 1.87 bits per heavy atom. The number of carbonyl (C=O) groups is 1. The fraction of sp³-hybridized carbons (Fsp3) is 0.160. The van der Waals surface area contributed by atoms with E-state index in [0.29, 0.717) is 12.1 Å². The van der Waals surface area contributed by atoms with Crippen LogP contribution < -0.4 is 5.32 Å². The van der Waals surface area contributed by atoms with Crippen LogP contribution in [-0.2, 0) is 6.54 Å². The molecule has 5 rings (SSSR count). The van der Waals surface area contributed by atoms with E-state index in [2.05, 4.69) is 44.9 Å². The Kier molecular flexibility index (Phi) is 4.96. The van der Waals surface area contributed by atoms with Gasteiger partial charge in [0.25, 0.3) is 5.91 Å². The van der Waals surface area contributed by atoms with Gasteiger partial charge in [0.15, 0.2) is 0 Å². The van der Waals surface area contributed by atoms with Crippen LogP contribution in [0.5, 0.6) is 0 Å². The molecular weight excluding hydrogens is 386 g/mol. The number of para-hydroxylation sites is 1. The summed E-state index contributed by atoms with van der Waals surface area (Å²) in [5.74, 6) is -0.0836. The summed E-state index contributed by atoms with van der Waals surface area (Å²) >= 11 is 0. The Labute approximate surface area is 179 Å². The molecule has 1 atom stereocenters. The van der Waals surface area contributed by atoms with Crippen LogP contribution in [0.1, 0.15) is 34.3 Å². The van der Waals surface area contributed by atoms with E-state index in [-0.39, 0.29) is 11.8 Å². The van der Waals surface area contributed by atoms with Gasteiger partial charge in [-0.15, -0.1) is 5.10 Å². The molecule has 31 heavy (non-hydrogen) atoms. The number of carbonyl (C=O) groups excluding carboxylic acids is 1. The molecule has 0 radical (unpaired) electrons. The van der Waals surface area contributed by atoms with Crippen LogP contribution in [0, 0.1) is 0 Å². The first-order valence-electron chi connectivity index (χ1n) is 10.5. The average molecular weight is 409 g/mol. The predicted octanol–water partition coefficient (Wildman–Crippen LogP) is 4.49. The number of hydrogen-bond donors (Lipinski definition) is 2. The van der Waals surface area contributed by atoms with Gasteiger partial charge < -0.3 is 10.3 Å². The van der Waals surface area contributed by atoms with Crippen molar-refractivity contribution in [3.63, 3.8) is 0 Å². The van der Waals surface area contributed by atoms with Gasteiger partial charge >= 0.3 is 0 Å². The van der Waals surface area contributed by atoms with Crippen LogP contribution in [0.25, 0.3) is 21.9 Å². The zero-order chi connectivity index (χ0) is 21.2. The fourth-order valence-electron chi connectivity index (χ4n) is 4.12. The number of H-pyrrole nitrogens is 1. The van der Waals surface area contributed by atoms with E-state index in [1.165, 1.54) is 10.9 Å². The van der Waals surface area contributed by atoms with E-state index in [0.717, 1.165) is 28.7 Å². The third-order valence-corrected chi connectivity index (χ3v) is 5.74. The molecule has 6 nitrogen and oxygen atoms in total. The summed E-state index contributed by atoms with van der Waals surface area (Å²) in [6.45, 7) is 3.25. The molecule has 2 N–H and O–H groups in total. The Morgan fingerprint density at radius 3 is 2.71 bits per heavy atom. The van der Waals surface area contributed by atoms with E-state index in [4.69, 9.17) is 0 Å². The average Bonchev–Trinajstić information content (AvgIpc) is 3.43. The van der Waals surface area contributed by atoms with Crippen LogP contribution in [0.4, 0.5) is 0 Å². The first-order chi connectivity index (χ1) is 15.2. The number of hydrogen-bond acceptors (Lipinski definition) is 3. The molecule has 2 heterocycles. The van der Waals surface area contributed by atoms with Gasteiger partial charge in [0.2, 0.25) is 0 Å². The second-order valence-electron chi connectivity index (χ2n) is 7.57. The molecule has 5 aromatic rings. The van der Waals surface area contributed by atoms with Gasteiger partial charge in [-0.05, 0) is 42.3 Å². The molecule has 2 aromatic heterocycles. The van der Waals surface area contributed by atoms with Gasteiger partial charge in [-0.25, -0.2) is 4.68 Å². The summed E-state index contributed by atoms with van der Waals surface area (Å²) in [6, 6.07) is 24.1. The highest BCUT2D eigenvalue weighted by atomic mass is 16.1. The molecule has 0 saturated heterocycles. The Morgan fingerprint density at radius 1 is 1.06 bits per heavy atom. The van der Waals surface area contributed by atoms with Gasteiger partial charge in [0, 0.05) is 41.7 Å². The normalized spacial score (nSPS) is 12.3. The standard InChI is InChI=1S/C25H23N5O/c1-2-30-24-13-12-18(14-23(24)28-29-30)25(31)27-15-20(17-8-4-3-5-9-17)21-16-26-22-11-7-6-10-19(21)22/h3-14,16,20,26H,2,15H2,1H3,(H,27,31). The van der Waals surface area contributed by atoms with Crippen LogP contribution in [0.2, 0.25) is 0 Å². The lowest BCUT2D eigenvalue weighted by Crippen LogP contribution is -2.28. The minimum Gasteiger partial charge on any atom is -0.361 e. The maximum absolute atomic E-state index is 13.0. The molecule has 0 aliphatic heterocycles. The van der Waals surface area contributed by atoms with Crippen molar-refractivity contribution in [3.8, 4) is 0 Å². The number of aromatic amines is 1. The van der Waals surface area contributed by atoms with Crippen LogP contribution in [0.3, 0.4) is 0 Å². The Hall–Kier alpha value is -3.93. The summed E-state index contributed by atoms with van der Waals surface area (Å²) in [5.41, 5.74) is 5.67. The lowest BCUT2D eigenvalue weighted by Gasteiger charge is -2.18.